The SMILES string of the molecule is CCc1ccc(C(C)NS(=O)(=O)c2ccc(Cl)cc2)cc1. The van der Waals surface area contributed by atoms with Crippen molar-refractivity contribution in [2.24, 2.45) is 0 Å². The van der Waals surface area contributed by atoms with Crippen LogP contribution in [0.25, 0.3) is 0 Å². The van der Waals surface area contributed by atoms with E-state index in [9.17, 15) is 8.42 Å². The zero-order valence-corrected chi connectivity index (χ0v) is 13.6. The maximum Gasteiger partial charge on any atom is 0.241 e. The van der Waals surface area contributed by atoms with Crippen LogP contribution in [0.5, 0.6) is 0 Å². The Morgan fingerprint density at radius 3 is 2.14 bits per heavy atom. The Morgan fingerprint density at radius 2 is 1.62 bits per heavy atom. The number of hydrogen-bond donors (Lipinski definition) is 1. The minimum absolute atomic E-state index is 0.212. The second-order valence-electron chi connectivity index (χ2n) is 4.89. The van der Waals surface area contributed by atoms with Crippen molar-refractivity contribution in [3.05, 3.63) is 64.7 Å². The number of sulfonamides is 1. The fraction of sp³-hybridized carbons (Fsp3) is 0.250. The molecule has 1 atom stereocenters. The first-order valence-corrected chi connectivity index (χ1v) is 8.65. The van der Waals surface area contributed by atoms with Crippen molar-refractivity contribution >= 4 is 21.6 Å². The van der Waals surface area contributed by atoms with Crippen molar-refractivity contribution in [2.45, 2.75) is 31.2 Å². The molecule has 3 nitrogen and oxygen atoms in total. The molecule has 2 aromatic rings. The predicted octanol–water partition coefficient (Wildman–Crippen LogP) is 3.94. The molecule has 0 aliphatic heterocycles. The summed E-state index contributed by atoms with van der Waals surface area (Å²) in [6.45, 7) is 3.91. The summed E-state index contributed by atoms with van der Waals surface area (Å²) in [5, 5.41) is 0.511. The summed E-state index contributed by atoms with van der Waals surface area (Å²) in [5.74, 6) is 0. The van der Waals surface area contributed by atoms with Crippen molar-refractivity contribution < 1.29 is 8.42 Å². The largest absolute Gasteiger partial charge is 0.241 e. The molecule has 0 bridgehead atoms. The van der Waals surface area contributed by atoms with Crippen molar-refractivity contribution in [1.29, 1.82) is 0 Å². The van der Waals surface area contributed by atoms with Gasteiger partial charge in [-0.1, -0.05) is 42.8 Å². The number of rotatable bonds is 5. The Labute approximate surface area is 131 Å². The van der Waals surface area contributed by atoms with Gasteiger partial charge in [0, 0.05) is 11.1 Å². The lowest BCUT2D eigenvalue weighted by molar-refractivity contribution is 0.567. The first-order valence-electron chi connectivity index (χ1n) is 6.79. The first-order chi connectivity index (χ1) is 9.92. The number of hydrogen-bond acceptors (Lipinski definition) is 2. The van der Waals surface area contributed by atoms with Crippen LogP contribution in [0.1, 0.15) is 31.0 Å². The van der Waals surface area contributed by atoms with Gasteiger partial charge in [-0.15, -0.1) is 0 Å². The van der Waals surface area contributed by atoms with Crippen LogP contribution in [-0.4, -0.2) is 8.42 Å². The topological polar surface area (TPSA) is 46.2 Å². The molecule has 0 saturated carbocycles. The van der Waals surface area contributed by atoms with E-state index >= 15 is 0 Å². The molecule has 0 fully saturated rings. The highest BCUT2D eigenvalue weighted by Gasteiger charge is 2.18. The highest BCUT2D eigenvalue weighted by atomic mass is 35.5. The molecule has 2 aromatic carbocycles. The Hall–Kier alpha value is -1.36. The van der Waals surface area contributed by atoms with Gasteiger partial charge in [-0.3, -0.25) is 0 Å². The molecule has 0 aliphatic carbocycles. The summed E-state index contributed by atoms with van der Waals surface area (Å²) < 4.78 is 27.3. The van der Waals surface area contributed by atoms with Crippen molar-refractivity contribution in [1.82, 2.24) is 4.72 Å². The normalized spacial score (nSPS) is 13.1. The summed E-state index contributed by atoms with van der Waals surface area (Å²) in [6, 6.07) is 13.8. The van der Waals surface area contributed by atoms with E-state index in [1.165, 1.54) is 17.7 Å². The van der Waals surface area contributed by atoms with Gasteiger partial charge in [0.15, 0.2) is 0 Å². The quantitative estimate of drug-likeness (QED) is 0.905. The molecule has 0 spiro atoms. The summed E-state index contributed by atoms with van der Waals surface area (Å²) in [6.07, 6.45) is 0.963. The van der Waals surface area contributed by atoms with E-state index in [-0.39, 0.29) is 10.9 Å². The van der Waals surface area contributed by atoms with Gasteiger partial charge in [0.2, 0.25) is 10.0 Å². The summed E-state index contributed by atoms with van der Waals surface area (Å²) in [5.41, 5.74) is 2.16. The average molecular weight is 324 g/mol. The lowest BCUT2D eigenvalue weighted by atomic mass is 10.1. The van der Waals surface area contributed by atoms with Gasteiger partial charge < -0.3 is 0 Å². The van der Waals surface area contributed by atoms with Crippen LogP contribution < -0.4 is 4.72 Å². The van der Waals surface area contributed by atoms with Gasteiger partial charge in [-0.25, -0.2) is 13.1 Å². The summed E-state index contributed by atoms with van der Waals surface area (Å²) in [7, 11) is -3.55. The Balaban J connectivity index is 2.17. The minimum Gasteiger partial charge on any atom is -0.207 e. The highest BCUT2D eigenvalue weighted by Crippen LogP contribution is 2.19. The van der Waals surface area contributed by atoms with E-state index < -0.39 is 10.0 Å². The molecule has 112 valence electrons. The Kier molecular flexibility index (Phi) is 5.04. The van der Waals surface area contributed by atoms with E-state index in [4.69, 9.17) is 11.6 Å². The van der Waals surface area contributed by atoms with Crippen molar-refractivity contribution in [3.63, 3.8) is 0 Å². The fourth-order valence-corrected chi connectivity index (χ4v) is 3.38. The molecule has 21 heavy (non-hydrogen) atoms. The highest BCUT2D eigenvalue weighted by molar-refractivity contribution is 7.89. The first kappa shape index (κ1) is 16.0. The van der Waals surface area contributed by atoms with E-state index in [0.717, 1.165) is 12.0 Å². The van der Waals surface area contributed by atoms with E-state index in [0.29, 0.717) is 5.02 Å². The molecule has 1 unspecified atom stereocenters. The third-order valence-corrected chi connectivity index (χ3v) is 5.15. The molecule has 0 aromatic heterocycles. The molecular weight excluding hydrogens is 306 g/mol. The molecule has 5 heteroatoms. The molecular formula is C16H18ClNO2S. The predicted molar refractivity (Wildman–Crippen MR) is 86.0 cm³/mol. The van der Waals surface area contributed by atoms with Gasteiger partial charge in [-0.2, -0.15) is 0 Å². The summed E-state index contributed by atoms with van der Waals surface area (Å²) >= 11 is 5.78. The third-order valence-electron chi connectivity index (χ3n) is 3.34. The lowest BCUT2D eigenvalue weighted by Gasteiger charge is -2.15. The number of nitrogens with one attached hydrogen (secondary N) is 1. The van der Waals surface area contributed by atoms with Crippen LogP contribution in [0.2, 0.25) is 5.02 Å². The smallest absolute Gasteiger partial charge is 0.207 e. The van der Waals surface area contributed by atoms with E-state index in [1.54, 1.807) is 12.1 Å². The number of aryl methyl sites for hydroxylation is 1. The molecule has 2 rings (SSSR count). The van der Waals surface area contributed by atoms with Crippen LogP contribution in [-0.2, 0) is 16.4 Å². The standard InChI is InChI=1S/C16H18ClNO2S/c1-3-13-4-6-14(7-5-13)12(2)18-21(19,20)16-10-8-15(17)9-11-16/h4-12,18H,3H2,1-2H3. The summed E-state index contributed by atoms with van der Waals surface area (Å²) in [4.78, 5) is 0.212. The van der Waals surface area contributed by atoms with Gasteiger partial charge >= 0.3 is 0 Å². The Morgan fingerprint density at radius 1 is 1.05 bits per heavy atom. The average Bonchev–Trinajstić information content (AvgIpc) is 2.47. The molecule has 0 amide bonds. The Bertz CT molecular complexity index is 694. The van der Waals surface area contributed by atoms with Gasteiger partial charge in [-0.05, 0) is 48.7 Å². The molecule has 0 saturated heterocycles. The lowest BCUT2D eigenvalue weighted by Crippen LogP contribution is -2.26. The minimum atomic E-state index is -3.55. The van der Waals surface area contributed by atoms with Crippen LogP contribution in [0.15, 0.2) is 53.4 Å². The third kappa shape index (κ3) is 4.06. The maximum absolute atomic E-state index is 12.3. The molecule has 1 N–H and O–H groups in total. The number of benzene rings is 2. The van der Waals surface area contributed by atoms with E-state index in [2.05, 4.69) is 11.6 Å². The second kappa shape index (κ2) is 6.60. The van der Waals surface area contributed by atoms with Gasteiger partial charge in [0.25, 0.3) is 0 Å². The number of halogens is 1. The van der Waals surface area contributed by atoms with E-state index in [1.807, 2.05) is 31.2 Å². The van der Waals surface area contributed by atoms with Crippen LogP contribution in [0, 0.1) is 0 Å². The molecule has 0 radical (unpaired) electrons. The van der Waals surface area contributed by atoms with Gasteiger partial charge in [0.05, 0.1) is 4.90 Å². The van der Waals surface area contributed by atoms with Crippen LogP contribution in [0.3, 0.4) is 0 Å². The monoisotopic (exact) mass is 323 g/mol. The maximum atomic E-state index is 12.3. The molecule has 0 heterocycles. The van der Waals surface area contributed by atoms with Crippen LogP contribution >= 0.6 is 11.6 Å². The van der Waals surface area contributed by atoms with Crippen LogP contribution in [0.4, 0.5) is 0 Å². The van der Waals surface area contributed by atoms with Crippen molar-refractivity contribution in [3.8, 4) is 0 Å². The van der Waals surface area contributed by atoms with Crippen molar-refractivity contribution in [2.75, 3.05) is 0 Å². The second-order valence-corrected chi connectivity index (χ2v) is 7.04. The molecule has 0 aliphatic rings. The zero-order chi connectivity index (χ0) is 15.5. The zero-order valence-electron chi connectivity index (χ0n) is 12.0. The fourth-order valence-electron chi connectivity index (χ4n) is 2.02. The van der Waals surface area contributed by atoms with Gasteiger partial charge in [0.1, 0.15) is 0 Å².